The maximum Gasteiger partial charge on any atom is 0.363 e. The molecule has 1 saturated carbocycles. The Morgan fingerprint density at radius 2 is 1.63 bits per heavy atom. The Kier molecular flexibility index (Phi) is 4.49. The van der Waals surface area contributed by atoms with Gasteiger partial charge in [0.25, 0.3) is 11.8 Å². The van der Waals surface area contributed by atoms with E-state index < -0.39 is 17.8 Å². The summed E-state index contributed by atoms with van der Waals surface area (Å²) in [7, 11) is 0. The minimum absolute atomic E-state index is 0.241. The highest BCUT2D eigenvalue weighted by molar-refractivity contribution is 6.21. The second-order valence-corrected chi connectivity index (χ2v) is 6.82. The van der Waals surface area contributed by atoms with Crippen LogP contribution in [-0.4, -0.2) is 40.3 Å². The monoisotopic (exact) mass is 364 g/mol. The molecule has 0 radical (unpaired) electrons. The zero-order valence-corrected chi connectivity index (χ0v) is 15.1. The quantitative estimate of drug-likeness (QED) is 0.737. The van der Waals surface area contributed by atoms with Gasteiger partial charge in [0.05, 0.1) is 16.7 Å². The number of hydrogen-bond donors (Lipinski definition) is 0. The first-order valence-electron chi connectivity index (χ1n) is 9.11. The fraction of sp³-hybridized carbons (Fsp3) is 0.286. The zero-order valence-electron chi connectivity index (χ0n) is 15.1. The lowest BCUT2D eigenvalue weighted by Gasteiger charge is -2.19. The highest BCUT2D eigenvalue weighted by atomic mass is 16.7. The molecule has 0 spiro atoms. The minimum atomic E-state index is -0.731. The second kappa shape index (κ2) is 6.96. The van der Waals surface area contributed by atoms with Crippen molar-refractivity contribution in [2.45, 2.75) is 32.4 Å². The molecule has 1 aliphatic heterocycles. The Morgan fingerprint density at radius 1 is 1.04 bits per heavy atom. The normalized spacial score (nSPS) is 16.0. The summed E-state index contributed by atoms with van der Waals surface area (Å²) in [6.45, 7) is 3.98. The van der Waals surface area contributed by atoms with Gasteiger partial charge < -0.3 is 4.84 Å². The summed E-state index contributed by atoms with van der Waals surface area (Å²) < 4.78 is 0. The van der Waals surface area contributed by atoms with E-state index in [0.29, 0.717) is 16.7 Å². The molecule has 0 unspecified atom stereocenters. The molecule has 6 nitrogen and oxygen atoms in total. The van der Waals surface area contributed by atoms with Crippen molar-refractivity contribution in [3.05, 3.63) is 70.8 Å². The average molecular weight is 364 g/mol. The molecule has 0 N–H and O–H groups in total. The Labute approximate surface area is 157 Å². The SMILES string of the molecule is CCN(Cc1ccc(C(=O)ON2C(=O)c3ccccc3C2=O)cc1)C1CC1. The first-order chi connectivity index (χ1) is 13.1. The molecule has 27 heavy (non-hydrogen) atoms. The van der Waals surface area contributed by atoms with Crippen LogP contribution >= 0.6 is 0 Å². The summed E-state index contributed by atoms with van der Waals surface area (Å²) in [5.74, 6) is -1.97. The number of amides is 2. The third kappa shape index (κ3) is 3.36. The predicted octanol–water partition coefficient (Wildman–Crippen LogP) is 3.04. The van der Waals surface area contributed by atoms with Crippen LogP contribution in [0.25, 0.3) is 0 Å². The van der Waals surface area contributed by atoms with Crippen molar-refractivity contribution >= 4 is 17.8 Å². The summed E-state index contributed by atoms with van der Waals surface area (Å²) in [6.07, 6.45) is 2.50. The molecule has 1 heterocycles. The Morgan fingerprint density at radius 3 is 2.15 bits per heavy atom. The van der Waals surface area contributed by atoms with Gasteiger partial charge in [0.1, 0.15) is 0 Å². The number of imide groups is 1. The maximum atomic E-state index is 12.4. The van der Waals surface area contributed by atoms with Gasteiger partial charge in [-0.25, -0.2) is 4.79 Å². The van der Waals surface area contributed by atoms with Crippen LogP contribution in [-0.2, 0) is 11.4 Å². The Balaban J connectivity index is 1.43. The number of hydroxylamine groups is 2. The lowest BCUT2D eigenvalue weighted by atomic mass is 10.1. The lowest BCUT2D eigenvalue weighted by molar-refractivity contribution is -0.0584. The first kappa shape index (κ1) is 17.4. The molecule has 1 aliphatic carbocycles. The van der Waals surface area contributed by atoms with E-state index in [4.69, 9.17) is 4.84 Å². The van der Waals surface area contributed by atoms with Crippen LogP contribution in [0.3, 0.4) is 0 Å². The van der Waals surface area contributed by atoms with Crippen LogP contribution < -0.4 is 0 Å². The summed E-state index contributed by atoms with van der Waals surface area (Å²) in [6, 6.07) is 14.2. The van der Waals surface area contributed by atoms with Crippen LogP contribution in [0.15, 0.2) is 48.5 Å². The molecule has 6 heteroatoms. The maximum absolute atomic E-state index is 12.4. The number of carbonyl (C=O) groups excluding carboxylic acids is 3. The first-order valence-corrected chi connectivity index (χ1v) is 9.11. The molecule has 2 aliphatic rings. The van der Waals surface area contributed by atoms with Gasteiger partial charge in [-0.3, -0.25) is 14.5 Å². The van der Waals surface area contributed by atoms with Crippen molar-refractivity contribution in [2.24, 2.45) is 0 Å². The fourth-order valence-electron chi connectivity index (χ4n) is 3.31. The van der Waals surface area contributed by atoms with Gasteiger partial charge in [0.15, 0.2) is 0 Å². The van der Waals surface area contributed by atoms with Crippen LogP contribution in [0.5, 0.6) is 0 Å². The highest BCUT2D eigenvalue weighted by Crippen LogP contribution is 2.28. The van der Waals surface area contributed by atoms with Gasteiger partial charge in [0.2, 0.25) is 0 Å². The van der Waals surface area contributed by atoms with E-state index >= 15 is 0 Å². The Hall–Kier alpha value is -2.99. The standard InChI is InChI=1S/C21H20N2O4/c1-2-22(16-11-12-16)13-14-7-9-15(10-8-14)21(26)27-23-19(24)17-5-3-4-6-18(17)20(23)25/h3-10,16H,2,11-13H2,1H3. The van der Waals surface area contributed by atoms with E-state index in [-0.39, 0.29) is 11.1 Å². The lowest BCUT2D eigenvalue weighted by Crippen LogP contribution is -2.32. The molecule has 138 valence electrons. The fourth-order valence-corrected chi connectivity index (χ4v) is 3.31. The molecule has 4 rings (SSSR count). The second-order valence-electron chi connectivity index (χ2n) is 6.82. The highest BCUT2D eigenvalue weighted by Gasteiger charge is 2.38. The van der Waals surface area contributed by atoms with Crippen LogP contribution in [0.2, 0.25) is 0 Å². The number of fused-ring (bicyclic) bond motifs is 1. The largest absolute Gasteiger partial charge is 0.363 e. The van der Waals surface area contributed by atoms with Crippen LogP contribution in [0, 0.1) is 0 Å². The van der Waals surface area contributed by atoms with Crippen LogP contribution in [0.4, 0.5) is 0 Å². The van der Waals surface area contributed by atoms with Gasteiger partial charge in [0, 0.05) is 12.6 Å². The summed E-state index contributed by atoms with van der Waals surface area (Å²) >= 11 is 0. The number of nitrogens with zero attached hydrogens (tertiary/aromatic N) is 2. The van der Waals surface area contributed by atoms with Crippen molar-refractivity contribution < 1.29 is 19.2 Å². The van der Waals surface area contributed by atoms with E-state index in [9.17, 15) is 14.4 Å². The minimum Gasteiger partial charge on any atom is -0.324 e. The third-order valence-electron chi connectivity index (χ3n) is 4.98. The van der Waals surface area contributed by atoms with Gasteiger partial charge in [-0.05, 0) is 49.2 Å². The summed E-state index contributed by atoms with van der Waals surface area (Å²) in [4.78, 5) is 44.4. The molecule has 0 bridgehead atoms. The molecule has 2 aromatic rings. The molecule has 2 aromatic carbocycles. The van der Waals surface area contributed by atoms with Gasteiger partial charge in [-0.1, -0.05) is 36.3 Å². The van der Waals surface area contributed by atoms with E-state index in [0.717, 1.165) is 18.7 Å². The van der Waals surface area contributed by atoms with E-state index in [2.05, 4.69) is 11.8 Å². The third-order valence-corrected chi connectivity index (χ3v) is 4.98. The summed E-state index contributed by atoms with van der Waals surface area (Å²) in [5, 5.41) is 0.535. The predicted molar refractivity (Wildman–Crippen MR) is 97.9 cm³/mol. The van der Waals surface area contributed by atoms with Crippen molar-refractivity contribution in [3.8, 4) is 0 Å². The van der Waals surface area contributed by atoms with E-state index in [1.165, 1.54) is 25.0 Å². The average Bonchev–Trinajstić information content (AvgIpc) is 3.51. The number of carbonyl (C=O) groups is 3. The van der Waals surface area contributed by atoms with E-state index in [1.807, 2.05) is 12.1 Å². The topological polar surface area (TPSA) is 66.9 Å². The number of rotatable bonds is 6. The number of hydrogen-bond acceptors (Lipinski definition) is 5. The Bertz CT molecular complexity index is 868. The summed E-state index contributed by atoms with van der Waals surface area (Å²) in [5.41, 5.74) is 1.89. The molecule has 1 fully saturated rings. The van der Waals surface area contributed by atoms with Gasteiger partial charge in [-0.2, -0.15) is 0 Å². The number of benzene rings is 2. The molecular formula is C21H20N2O4. The molecule has 0 aromatic heterocycles. The molecule has 0 saturated heterocycles. The molecule has 2 amide bonds. The van der Waals surface area contributed by atoms with Crippen LogP contribution in [0.1, 0.15) is 56.4 Å². The van der Waals surface area contributed by atoms with Gasteiger partial charge in [-0.15, -0.1) is 0 Å². The van der Waals surface area contributed by atoms with Crippen molar-refractivity contribution in [1.82, 2.24) is 9.96 Å². The zero-order chi connectivity index (χ0) is 19.0. The van der Waals surface area contributed by atoms with Crippen molar-refractivity contribution in [1.29, 1.82) is 0 Å². The molecular weight excluding hydrogens is 344 g/mol. The van der Waals surface area contributed by atoms with E-state index in [1.54, 1.807) is 24.3 Å². The smallest absolute Gasteiger partial charge is 0.324 e. The van der Waals surface area contributed by atoms with Gasteiger partial charge >= 0.3 is 5.97 Å². The van der Waals surface area contributed by atoms with Crippen molar-refractivity contribution in [2.75, 3.05) is 6.54 Å². The van der Waals surface area contributed by atoms with Crippen molar-refractivity contribution in [3.63, 3.8) is 0 Å². The molecule has 0 atom stereocenters.